The van der Waals surface area contributed by atoms with Crippen LogP contribution in [0.25, 0.3) is 0 Å². The van der Waals surface area contributed by atoms with Gasteiger partial charge in [-0.15, -0.1) is 21.5 Å². The second-order valence-electron chi connectivity index (χ2n) is 5.76. The Morgan fingerprint density at radius 2 is 2.30 bits per heavy atom. The van der Waals surface area contributed by atoms with E-state index < -0.39 is 39.5 Å². The average Bonchev–Trinajstić information content (AvgIpc) is 3.32. The molecule has 2 amide bonds. The minimum Gasteiger partial charge on any atom is -0.398 e. The van der Waals surface area contributed by atoms with Crippen LogP contribution in [0.3, 0.4) is 0 Å². The lowest BCUT2D eigenvalue weighted by molar-refractivity contribution is -0.144. The third-order valence-corrected chi connectivity index (χ3v) is 6.52. The number of rotatable bonds is 8. The highest BCUT2D eigenvalue weighted by molar-refractivity contribution is 7.99. The Bertz CT molecular complexity index is 1070. The van der Waals surface area contributed by atoms with E-state index >= 15 is 0 Å². The van der Waals surface area contributed by atoms with Crippen LogP contribution in [-0.2, 0) is 24.7 Å². The standard InChI is InChI=1S/C12H15N9O6S3/c1-4(29-12-16-19-20-17-12)8-7(10(23)21(8)30(24,25)26)15-9(22)6(18-27-2)5-3-28-11(13)14-5/h3-4,7-8H,1-2H3,(H2,13,14)(H,15,22)(H,24,25,26)(H,16,17,19,20)/t4?,7-,8+/m0/s1. The van der Waals surface area contributed by atoms with Crippen LogP contribution >= 0.6 is 23.1 Å². The quantitative estimate of drug-likeness (QED) is 0.109. The van der Waals surface area contributed by atoms with Gasteiger partial charge in [0, 0.05) is 10.6 Å². The van der Waals surface area contributed by atoms with Crippen molar-refractivity contribution < 1.29 is 27.4 Å². The van der Waals surface area contributed by atoms with E-state index in [2.05, 4.69) is 40.9 Å². The van der Waals surface area contributed by atoms with Crippen LogP contribution in [-0.4, -0.2) is 84.9 Å². The lowest BCUT2D eigenvalue weighted by atomic mass is 9.95. The maximum absolute atomic E-state index is 12.7. The summed E-state index contributed by atoms with van der Waals surface area (Å²) in [7, 11) is -3.65. The molecule has 3 heterocycles. The molecule has 162 valence electrons. The molecule has 30 heavy (non-hydrogen) atoms. The number of H-pyrrole nitrogens is 1. The van der Waals surface area contributed by atoms with Crippen molar-refractivity contribution in [2.45, 2.75) is 29.4 Å². The van der Waals surface area contributed by atoms with E-state index in [1.165, 1.54) is 12.5 Å². The minimum absolute atomic E-state index is 0.112. The number of nitrogens with zero attached hydrogens (tertiary/aromatic N) is 6. The van der Waals surface area contributed by atoms with Gasteiger partial charge < -0.3 is 15.9 Å². The number of thioether (sulfide) groups is 1. The molecule has 1 fully saturated rings. The van der Waals surface area contributed by atoms with Gasteiger partial charge in [0.25, 0.3) is 11.8 Å². The molecule has 2 aromatic heterocycles. The van der Waals surface area contributed by atoms with E-state index in [1.807, 2.05) is 0 Å². The van der Waals surface area contributed by atoms with Gasteiger partial charge in [0.2, 0.25) is 5.16 Å². The Balaban J connectivity index is 1.84. The Labute approximate surface area is 177 Å². The first-order chi connectivity index (χ1) is 14.1. The van der Waals surface area contributed by atoms with E-state index in [1.54, 1.807) is 6.92 Å². The SMILES string of the molecule is CON=C(C(=O)N[C@@H]1C(=O)N(S(=O)(=O)O)[C@@H]1C(C)Sc1nn[nH]n1)c1csc(N)n1. The zero-order valence-corrected chi connectivity index (χ0v) is 17.7. The van der Waals surface area contributed by atoms with Crippen molar-refractivity contribution in [2.24, 2.45) is 5.16 Å². The lowest BCUT2D eigenvalue weighted by Gasteiger charge is -2.46. The van der Waals surface area contributed by atoms with E-state index in [0.717, 1.165) is 23.1 Å². The van der Waals surface area contributed by atoms with Crippen molar-refractivity contribution >= 4 is 56.1 Å². The summed E-state index contributed by atoms with van der Waals surface area (Å²) in [6.07, 6.45) is 0. The summed E-state index contributed by atoms with van der Waals surface area (Å²) in [5, 5.41) is 20.3. The molecule has 3 atom stereocenters. The topological polar surface area (TPSA) is 219 Å². The Morgan fingerprint density at radius 3 is 2.83 bits per heavy atom. The highest BCUT2D eigenvalue weighted by Gasteiger charge is 2.56. The van der Waals surface area contributed by atoms with Gasteiger partial charge in [-0.25, -0.2) is 9.29 Å². The van der Waals surface area contributed by atoms with Crippen LogP contribution in [0.15, 0.2) is 15.7 Å². The van der Waals surface area contributed by atoms with Gasteiger partial charge >= 0.3 is 10.3 Å². The molecule has 1 saturated heterocycles. The maximum Gasteiger partial charge on any atom is 0.362 e. The zero-order chi connectivity index (χ0) is 22.1. The summed E-state index contributed by atoms with van der Waals surface area (Å²) in [4.78, 5) is 33.7. The summed E-state index contributed by atoms with van der Waals surface area (Å²) in [5.41, 5.74) is 5.42. The lowest BCUT2D eigenvalue weighted by Crippen LogP contribution is -2.74. The van der Waals surface area contributed by atoms with Crippen LogP contribution in [0, 0.1) is 0 Å². The first-order valence-corrected chi connectivity index (χ1v) is 11.1. The second-order valence-corrected chi connectivity index (χ2v) is 9.29. The number of hydrogen-bond acceptors (Lipinski definition) is 13. The van der Waals surface area contributed by atoms with Crippen molar-refractivity contribution in [3.8, 4) is 0 Å². The number of amides is 2. The van der Waals surface area contributed by atoms with Gasteiger partial charge in [-0.05, 0) is 5.21 Å². The van der Waals surface area contributed by atoms with Gasteiger partial charge in [-0.3, -0.25) is 14.1 Å². The van der Waals surface area contributed by atoms with E-state index in [-0.39, 0.29) is 26.0 Å². The number of hydrogen-bond donors (Lipinski definition) is 4. The predicted molar refractivity (Wildman–Crippen MR) is 104 cm³/mol. The van der Waals surface area contributed by atoms with Gasteiger partial charge in [0.05, 0.1) is 6.04 Å². The Morgan fingerprint density at radius 1 is 1.57 bits per heavy atom. The molecule has 5 N–H and O–H groups in total. The fraction of sp³-hybridized carbons (Fsp3) is 0.417. The smallest absolute Gasteiger partial charge is 0.362 e. The summed E-state index contributed by atoms with van der Waals surface area (Å²) in [6, 6.07) is -2.42. The van der Waals surface area contributed by atoms with Gasteiger partial charge in [0.1, 0.15) is 18.8 Å². The van der Waals surface area contributed by atoms with Gasteiger partial charge in [-0.2, -0.15) is 13.6 Å². The number of nitrogens with two attached hydrogens (primary N) is 1. The highest BCUT2D eigenvalue weighted by Crippen LogP contribution is 2.34. The minimum atomic E-state index is -4.86. The fourth-order valence-electron chi connectivity index (χ4n) is 2.70. The number of nitrogen functional groups attached to an aromatic ring is 1. The number of tetrazole rings is 1. The molecule has 0 bridgehead atoms. The van der Waals surface area contributed by atoms with E-state index in [4.69, 9.17) is 5.73 Å². The molecule has 18 heteroatoms. The zero-order valence-electron chi connectivity index (χ0n) is 15.3. The third-order valence-electron chi connectivity index (χ3n) is 3.89. The highest BCUT2D eigenvalue weighted by atomic mass is 32.2. The summed E-state index contributed by atoms with van der Waals surface area (Å²) < 4.78 is 33.0. The molecule has 0 radical (unpaired) electrons. The largest absolute Gasteiger partial charge is 0.398 e. The Kier molecular flexibility index (Phi) is 6.19. The number of aromatic amines is 1. The van der Waals surface area contributed by atoms with Crippen LogP contribution in [0.4, 0.5) is 5.13 Å². The number of oxime groups is 1. The van der Waals surface area contributed by atoms with E-state index in [9.17, 15) is 22.6 Å². The third kappa shape index (κ3) is 4.35. The summed E-state index contributed by atoms with van der Waals surface area (Å²) >= 11 is 2.05. The molecule has 15 nitrogen and oxygen atoms in total. The van der Waals surface area contributed by atoms with Crippen molar-refractivity contribution in [3.05, 3.63) is 11.1 Å². The first kappa shape index (κ1) is 21.9. The van der Waals surface area contributed by atoms with Crippen molar-refractivity contribution in [3.63, 3.8) is 0 Å². The fourth-order valence-corrected chi connectivity index (χ4v) is 5.21. The number of β-lactam (4-membered cyclic amide) rings is 1. The van der Waals surface area contributed by atoms with Crippen LogP contribution < -0.4 is 11.1 Å². The summed E-state index contributed by atoms with van der Waals surface area (Å²) in [6.45, 7) is 1.57. The molecule has 0 aromatic carbocycles. The van der Waals surface area contributed by atoms with Crippen molar-refractivity contribution in [2.75, 3.05) is 12.8 Å². The number of carbonyl (C=O) groups excluding carboxylic acids is 2. The average molecular weight is 478 g/mol. The molecule has 1 aliphatic rings. The number of aromatic nitrogens is 5. The van der Waals surface area contributed by atoms with Crippen LogP contribution in [0.1, 0.15) is 12.6 Å². The number of nitrogens with one attached hydrogen (secondary N) is 2. The normalized spacial score (nSPS) is 20.6. The molecule has 2 aromatic rings. The van der Waals surface area contributed by atoms with Crippen molar-refractivity contribution in [1.29, 1.82) is 0 Å². The molecule has 0 saturated carbocycles. The molecular formula is C12H15N9O6S3. The second kappa shape index (κ2) is 8.50. The molecule has 0 aliphatic carbocycles. The van der Waals surface area contributed by atoms with Crippen LogP contribution in [0.5, 0.6) is 0 Å². The molecular weight excluding hydrogens is 462 g/mol. The van der Waals surface area contributed by atoms with Gasteiger partial charge in [-0.1, -0.05) is 23.8 Å². The predicted octanol–water partition coefficient (Wildman–Crippen LogP) is -1.73. The monoisotopic (exact) mass is 477 g/mol. The van der Waals surface area contributed by atoms with Crippen LogP contribution in [0.2, 0.25) is 0 Å². The number of anilines is 1. The summed E-state index contributed by atoms with van der Waals surface area (Å²) in [5.74, 6) is -1.87. The first-order valence-electron chi connectivity index (χ1n) is 7.97. The van der Waals surface area contributed by atoms with Gasteiger partial charge in [0.15, 0.2) is 10.8 Å². The molecule has 1 aliphatic heterocycles. The molecule has 0 spiro atoms. The molecule has 1 unspecified atom stereocenters. The Hall–Kier alpha value is -2.83. The number of thiazole rings is 1. The number of carbonyl (C=O) groups is 2. The molecule has 3 rings (SSSR count). The van der Waals surface area contributed by atoms with Crippen molar-refractivity contribution in [1.82, 2.24) is 35.2 Å². The maximum atomic E-state index is 12.7. The van der Waals surface area contributed by atoms with E-state index in [0.29, 0.717) is 0 Å².